The average Bonchev–Trinajstić information content (AvgIpc) is 2.52. The summed E-state index contributed by atoms with van der Waals surface area (Å²) in [4.78, 5) is 21.0. The van der Waals surface area contributed by atoms with E-state index in [0.29, 0.717) is 36.1 Å². The number of rotatable bonds is 5. The van der Waals surface area contributed by atoms with Gasteiger partial charge < -0.3 is 14.8 Å². The molecule has 6 nitrogen and oxygen atoms in total. The standard InChI is InChI=1S/C17H25N3O3/c1-4-22-17(21)12-9-18-15(10(2)3)20-16(12)19-13-8-14-11(13)6-5-7-23-14/h9-11,13-14H,4-8H2,1-3H3,(H,18,19,20)/t11-,13?,14+/m1/s1. The van der Waals surface area contributed by atoms with E-state index in [2.05, 4.69) is 15.3 Å². The molecule has 23 heavy (non-hydrogen) atoms. The lowest BCUT2D eigenvalue weighted by molar-refractivity contribution is -0.0898. The number of esters is 1. The van der Waals surface area contributed by atoms with Gasteiger partial charge in [-0.25, -0.2) is 14.8 Å². The van der Waals surface area contributed by atoms with E-state index in [1.54, 1.807) is 13.1 Å². The predicted octanol–water partition coefficient (Wildman–Crippen LogP) is 2.76. The number of fused-ring (bicyclic) bond motifs is 1. The van der Waals surface area contributed by atoms with Gasteiger partial charge in [0.25, 0.3) is 0 Å². The van der Waals surface area contributed by atoms with Gasteiger partial charge in [-0.2, -0.15) is 0 Å². The minimum Gasteiger partial charge on any atom is -0.462 e. The molecule has 0 spiro atoms. The molecule has 0 aromatic carbocycles. The van der Waals surface area contributed by atoms with Crippen molar-refractivity contribution >= 4 is 11.8 Å². The van der Waals surface area contributed by atoms with E-state index in [1.807, 2.05) is 13.8 Å². The second kappa shape index (κ2) is 6.83. The minimum atomic E-state index is -0.374. The molecule has 0 amide bonds. The maximum atomic E-state index is 12.2. The molecule has 1 aromatic heterocycles. The molecule has 1 unspecified atom stereocenters. The molecule has 1 aliphatic carbocycles. The molecule has 6 heteroatoms. The number of aromatic nitrogens is 2. The highest BCUT2D eigenvalue weighted by Crippen LogP contribution is 2.39. The van der Waals surface area contributed by atoms with Crippen LogP contribution in [0.4, 0.5) is 5.82 Å². The summed E-state index contributed by atoms with van der Waals surface area (Å²) in [6.07, 6.45) is 5.17. The summed E-state index contributed by atoms with van der Waals surface area (Å²) in [5.41, 5.74) is 0.413. The van der Waals surface area contributed by atoms with Gasteiger partial charge in [0.05, 0.1) is 12.7 Å². The van der Waals surface area contributed by atoms with Gasteiger partial charge in [0.2, 0.25) is 0 Å². The summed E-state index contributed by atoms with van der Waals surface area (Å²) in [6.45, 7) is 7.08. The van der Waals surface area contributed by atoms with Gasteiger partial charge in [-0.3, -0.25) is 0 Å². The highest BCUT2D eigenvalue weighted by molar-refractivity contribution is 5.94. The number of carbonyl (C=O) groups excluding carboxylic acids is 1. The summed E-state index contributed by atoms with van der Waals surface area (Å²) in [6, 6.07) is 0.309. The molecular formula is C17H25N3O3. The van der Waals surface area contributed by atoms with E-state index in [9.17, 15) is 4.79 Å². The van der Waals surface area contributed by atoms with Crippen molar-refractivity contribution in [2.24, 2.45) is 5.92 Å². The molecule has 126 valence electrons. The predicted molar refractivity (Wildman–Crippen MR) is 86.6 cm³/mol. The van der Waals surface area contributed by atoms with E-state index in [-0.39, 0.29) is 11.9 Å². The van der Waals surface area contributed by atoms with Crippen molar-refractivity contribution in [3.05, 3.63) is 17.6 Å². The van der Waals surface area contributed by atoms with Crippen molar-refractivity contribution in [1.82, 2.24) is 9.97 Å². The van der Waals surface area contributed by atoms with Crippen LogP contribution in [0.25, 0.3) is 0 Å². The van der Waals surface area contributed by atoms with Crippen molar-refractivity contribution in [2.75, 3.05) is 18.5 Å². The second-order valence-electron chi connectivity index (χ2n) is 6.57. The van der Waals surface area contributed by atoms with Crippen LogP contribution in [0.5, 0.6) is 0 Å². The third-order valence-corrected chi connectivity index (χ3v) is 4.64. The first kappa shape index (κ1) is 16.2. The summed E-state index contributed by atoms with van der Waals surface area (Å²) >= 11 is 0. The zero-order chi connectivity index (χ0) is 16.4. The molecule has 1 saturated carbocycles. The summed E-state index contributed by atoms with van der Waals surface area (Å²) in [5, 5.41) is 3.45. The lowest BCUT2D eigenvalue weighted by Crippen LogP contribution is -2.53. The van der Waals surface area contributed by atoms with Crippen molar-refractivity contribution < 1.29 is 14.3 Å². The van der Waals surface area contributed by atoms with E-state index in [4.69, 9.17) is 9.47 Å². The fourth-order valence-corrected chi connectivity index (χ4v) is 3.28. The van der Waals surface area contributed by atoms with Crippen molar-refractivity contribution in [2.45, 2.75) is 58.1 Å². The molecule has 0 bridgehead atoms. The highest BCUT2D eigenvalue weighted by atomic mass is 16.5. The topological polar surface area (TPSA) is 73.3 Å². The number of nitrogens with one attached hydrogen (secondary N) is 1. The Morgan fingerprint density at radius 1 is 1.52 bits per heavy atom. The van der Waals surface area contributed by atoms with Crippen LogP contribution in [-0.2, 0) is 9.47 Å². The average molecular weight is 319 g/mol. The van der Waals surface area contributed by atoms with Crippen LogP contribution < -0.4 is 5.32 Å². The van der Waals surface area contributed by atoms with Gasteiger partial charge in [-0.15, -0.1) is 0 Å². The van der Waals surface area contributed by atoms with Gasteiger partial charge in [0.15, 0.2) is 0 Å². The van der Waals surface area contributed by atoms with Crippen LogP contribution in [0.2, 0.25) is 0 Å². The van der Waals surface area contributed by atoms with E-state index in [0.717, 1.165) is 25.3 Å². The van der Waals surface area contributed by atoms with Crippen LogP contribution in [0, 0.1) is 5.92 Å². The minimum absolute atomic E-state index is 0.207. The smallest absolute Gasteiger partial charge is 0.343 e. The van der Waals surface area contributed by atoms with E-state index >= 15 is 0 Å². The molecule has 1 aliphatic heterocycles. The second-order valence-corrected chi connectivity index (χ2v) is 6.57. The van der Waals surface area contributed by atoms with E-state index < -0.39 is 0 Å². The molecule has 3 atom stereocenters. The van der Waals surface area contributed by atoms with Crippen LogP contribution >= 0.6 is 0 Å². The summed E-state index contributed by atoms with van der Waals surface area (Å²) < 4.78 is 10.9. The maximum Gasteiger partial charge on any atom is 0.343 e. The van der Waals surface area contributed by atoms with Gasteiger partial charge >= 0.3 is 5.97 Å². The van der Waals surface area contributed by atoms with Crippen molar-refractivity contribution in [3.63, 3.8) is 0 Å². The molecule has 2 aliphatic rings. The zero-order valence-corrected chi connectivity index (χ0v) is 14.0. The highest BCUT2D eigenvalue weighted by Gasteiger charge is 2.43. The molecule has 1 aromatic rings. The fraction of sp³-hybridized carbons (Fsp3) is 0.706. The van der Waals surface area contributed by atoms with Gasteiger partial charge in [0.1, 0.15) is 17.2 Å². The normalized spacial score (nSPS) is 26.3. The number of nitrogens with zero attached hydrogens (tertiary/aromatic N) is 2. The quantitative estimate of drug-likeness (QED) is 0.841. The lowest BCUT2D eigenvalue weighted by Gasteiger charge is -2.47. The monoisotopic (exact) mass is 319 g/mol. The molecule has 2 heterocycles. The molecule has 3 rings (SSSR count). The van der Waals surface area contributed by atoms with Crippen LogP contribution in [0.15, 0.2) is 6.20 Å². The van der Waals surface area contributed by atoms with Gasteiger partial charge in [-0.05, 0) is 26.2 Å². The Labute approximate surface area is 137 Å². The number of hydrogen-bond donors (Lipinski definition) is 1. The fourth-order valence-electron chi connectivity index (χ4n) is 3.28. The Balaban J connectivity index is 1.80. The summed E-state index contributed by atoms with van der Waals surface area (Å²) in [7, 11) is 0. The molecule has 0 radical (unpaired) electrons. The lowest BCUT2D eigenvalue weighted by atomic mass is 9.72. The molecular weight excluding hydrogens is 294 g/mol. The first-order valence-corrected chi connectivity index (χ1v) is 8.52. The number of carbonyl (C=O) groups is 1. The third kappa shape index (κ3) is 3.32. The number of ether oxygens (including phenoxy) is 2. The molecule has 1 N–H and O–H groups in total. The molecule has 1 saturated heterocycles. The first-order valence-electron chi connectivity index (χ1n) is 8.52. The van der Waals surface area contributed by atoms with Crippen molar-refractivity contribution in [3.8, 4) is 0 Å². The number of anilines is 1. The van der Waals surface area contributed by atoms with Gasteiger partial charge in [0, 0.05) is 30.7 Å². The molecule has 2 fully saturated rings. The zero-order valence-electron chi connectivity index (χ0n) is 14.0. The van der Waals surface area contributed by atoms with Crippen LogP contribution in [0.1, 0.15) is 62.1 Å². The largest absolute Gasteiger partial charge is 0.462 e. The van der Waals surface area contributed by atoms with Crippen LogP contribution in [-0.4, -0.2) is 41.3 Å². The summed E-state index contributed by atoms with van der Waals surface area (Å²) in [5.74, 6) is 1.67. The SMILES string of the molecule is CCOC(=O)c1cnc(C(C)C)nc1NC1C[C@@H]2OCCC[C@H]12. The van der Waals surface area contributed by atoms with Crippen LogP contribution in [0.3, 0.4) is 0 Å². The van der Waals surface area contributed by atoms with Crippen molar-refractivity contribution in [1.29, 1.82) is 0 Å². The van der Waals surface area contributed by atoms with Gasteiger partial charge in [-0.1, -0.05) is 13.8 Å². The number of hydrogen-bond acceptors (Lipinski definition) is 6. The Bertz CT molecular complexity index is 576. The maximum absolute atomic E-state index is 12.2. The Hall–Kier alpha value is -1.69. The Morgan fingerprint density at radius 3 is 3.04 bits per heavy atom. The first-order chi connectivity index (χ1) is 11.1. The van der Waals surface area contributed by atoms with E-state index in [1.165, 1.54) is 6.42 Å². The Kier molecular flexibility index (Phi) is 4.80. The third-order valence-electron chi connectivity index (χ3n) is 4.64. The Morgan fingerprint density at radius 2 is 2.35 bits per heavy atom.